The Hall–Kier alpha value is -2.84. The molecule has 1 aromatic heterocycles. The van der Waals surface area contributed by atoms with Crippen LogP contribution in [-0.4, -0.2) is 32.8 Å². The molecule has 0 N–H and O–H groups in total. The minimum Gasteiger partial charge on any atom is -0.463 e. The summed E-state index contributed by atoms with van der Waals surface area (Å²) in [5, 5.41) is 14.4. The number of rotatable bonds is 3. The lowest BCUT2D eigenvalue weighted by Crippen LogP contribution is -2.05. The predicted molar refractivity (Wildman–Crippen MR) is 59.3 cm³/mol. The van der Waals surface area contributed by atoms with E-state index in [2.05, 4.69) is 14.8 Å². The largest absolute Gasteiger partial charge is 0.463 e. The van der Waals surface area contributed by atoms with Crippen molar-refractivity contribution in [1.29, 1.82) is 0 Å². The Morgan fingerprint density at radius 3 is 2.84 bits per heavy atom. The first kappa shape index (κ1) is 12.6. The van der Waals surface area contributed by atoms with E-state index in [4.69, 9.17) is 0 Å². The van der Waals surface area contributed by atoms with Gasteiger partial charge in [-0.1, -0.05) is 0 Å². The monoisotopic (exact) mass is 266 g/mol. The Balaban J connectivity index is 2.44. The van der Waals surface area contributed by atoms with E-state index in [9.17, 15) is 19.3 Å². The van der Waals surface area contributed by atoms with Gasteiger partial charge in [0, 0.05) is 12.1 Å². The number of carbonyl (C=O) groups excluding carboxylic acids is 1. The number of esters is 1. The Bertz CT molecular complexity index is 655. The zero-order valence-electron chi connectivity index (χ0n) is 9.61. The summed E-state index contributed by atoms with van der Waals surface area (Å²) in [5.41, 5.74) is -0.348. The van der Waals surface area contributed by atoms with Crippen LogP contribution in [0, 0.1) is 15.9 Å². The van der Waals surface area contributed by atoms with E-state index in [0.29, 0.717) is 0 Å². The highest BCUT2D eigenvalue weighted by Crippen LogP contribution is 2.18. The van der Waals surface area contributed by atoms with Crippen molar-refractivity contribution in [3.05, 3.63) is 46.3 Å². The van der Waals surface area contributed by atoms with E-state index < -0.39 is 22.4 Å². The number of nitro groups is 1. The summed E-state index contributed by atoms with van der Waals surface area (Å²) < 4.78 is 18.7. The standard InChI is InChI=1S/C10H7FN4O4/c1-19-10(16)9-12-5-14(13-9)7-2-6(11)3-8(4-7)15(17)18/h2-5H,1H3. The number of halogens is 1. The van der Waals surface area contributed by atoms with Gasteiger partial charge in [-0.25, -0.2) is 18.9 Å². The highest BCUT2D eigenvalue weighted by molar-refractivity contribution is 5.84. The smallest absolute Gasteiger partial charge is 0.377 e. The first-order valence-electron chi connectivity index (χ1n) is 4.96. The van der Waals surface area contributed by atoms with Crippen molar-refractivity contribution in [2.45, 2.75) is 0 Å². The third-order valence-corrected chi connectivity index (χ3v) is 2.20. The quantitative estimate of drug-likeness (QED) is 0.468. The van der Waals surface area contributed by atoms with Crippen molar-refractivity contribution in [3.8, 4) is 5.69 Å². The van der Waals surface area contributed by atoms with Crippen molar-refractivity contribution in [3.63, 3.8) is 0 Å². The van der Waals surface area contributed by atoms with Crippen molar-refractivity contribution in [1.82, 2.24) is 14.8 Å². The van der Waals surface area contributed by atoms with Gasteiger partial charge >= 0.3 is 5.97 Å². The molecule has 0 saturated carbocycles. The molecule has 0 saturated heterocycles. The molecule has 98 valence electrons. The van der Waals surface area contributed by atoms with Crippen molar-refractivity contribution >= 4 is 11.7 Å². The van der Waals surface area contributed by atoms with Gasteiger partial charge in [0.15, 0.2) is 0 Å². The fourth-order valence-corrected chi connectivity index (χ4v) is 1.37. The van der Waals surface area contributed by atoms with Crippen LogP contribution >= 0.6 is 0 Å². The molecule has 1 aromatic carbocycles. The maximum atomic E-state index is 13.2. The number of methoxy groups -OCH3 is 1. The maximum Gasteiger partial charge on any atom is 0.377 e. The van der Waals surface area contributed by atoms with Crippen LogP contribution in [0.4, 0.5) is 10.1 Å². The van der Waals surface area contributed by atoms with Crippen LogP contribution < -0.4 is 0 Å². The second-order valence-electron chi connectivity index (χ2n) is 3.43. The first-order chi connectivity index (χ1) is 9.01. The minimum atomic E-state index is -0.792. The average Bonchev–Trinajstić information content (AvgIpc) is 2.86. The Kier molecular flexibility index (Phi) is 3.19. The maximum absolute atomic E-state index is 13.2. The number of hydrogen-bond acceptors (Lipinski definition) is 6. The molecule has 0 unspecified atom stereocenters. The van der Waals surface area contributed by atoms with E-state index >= 15 is 0 Å². The van der Waals surface area contributed by atoms with Crippen LogP contribution in [0.5, 0.6) is 0 Å². The van der Waals surface area contributed by atoms with Crippen LogP contribution in [-0.2, 0) is 4.74 Å². The van der Waals surface area contributed by atoms with Crippen molar-refractivity contribution in [2.24, 2.45) is 0 Å². The summed E-state index contributed by atoms with van der Waals surface area (Å²) in [5.74, 6) is -1.78. The van der Waals surface area contributed by atoms with E-state index in [1.54, 1.807) is 0 Å². The molecule has 0 spiro atoms. The number of benzene rings is 1. The SMILES string of the molecule is COC(=O)c1ncn(-c2cc(F)cc([N+](=O)[O-])c2)n1. The summed E-state index contributed by atoms with van der Waals surface area (Å²) in [7, 11) is 1.16. The van der Waals surface area contributed by atoms with Crippen LogP contribution in [0.15, 0.2) is 24.5 Å². The predicted octanol–water partition coefficient (Wildman–Crippen LogP) is 1.10. The molecule has 2 rings (SSSR count). The number of non-ortho nitro benzene ring substituents is 1. The Morgan fingerprint density at radius 1 is 1.47 bits per heavy atom. The normalized spacial score (nSPS) is 10.2. The minimum absolute atomic E-state index is 0.0781. The number of hydrogen-bond donors (Lipinski definition) is 0. The van der Waals surface area contributed by atoms with Gasteiger partial charge in [-0.05, 0) is 0 Å². The average molecular weight is 266 g/mol. The van der Waals surface area contributed by atoms with Crippen LogP contribution in [0.1, 0.15) is 10.6 Å². The van der Waals surface area contributed by atoms with Gasteiger partial charge in [0.05, 0.1) is 23.8 Å². The highest BCUT2D eigenvalue weighted by Gasteiger charge is 2.15. The Morgan fingerprint density at radius 2 is 2.21 bits per heavy atom. The lowest BCUT2D eigenvalue weighted by atomic mass is 10.3. The van der Waals surface area contributed by atoms with Gasteiger partial charge in [0.25, 0.3) is 11.5 Å². The fraction of sp³-hybridized carbons (Fsp3) is 0.100. The second-order valence-corrected chi connectivity index (χ2v) is 3.43. The van der Waals surface area contributed by atoms with Gasteiger partial charge in [0.1, 0.15) is 12.1 Å². The summed E-state index contributed by atoms with van der Waals surface area (Å²) in [4.78, 5) is 24.7. The molecule has 0 bridgehead atoms. The van der Waals surface area contributed by atoms with Gasteiger partial charge in [-0.2, -0.15) is 0 Å². The zero-order chi connectivity index (χ0) is 14.0. The van der Waals surface area contributed by atoms with E-state index in [-0.39, 0.29) is 11.5 Å². The van der Waals surface area contributed by atoms with E-state index in [1.807, 2.05) is 0 Å². The third kappa shape index (κ3) is 2.54. The highest BCUT2D eigenvalue weighted by atomic mass is 19.1. The molecule has 0 aliphatic heterocycles. The summed E-state index contributed by atoms with van der Waals surface area (Å²) in [6, 6.07) is 2.92. The zero-order valence-corrected chi connectivity index (χ0v) is 9.61. The molecule has 2 aromatic rings. The van der Waals surface area contributed by atoms with Crippen LogP contribution in [0.3, 0.4) is 0 Å². The van der Waals surface area contributed by atoms with Crippen LogP contribution in [0.25, 0.3) is 5.69 Å². The molecule has 9 heteroatoms. The molecule has 0 aliphatic carbocycles. The Labute approximate surface area is 105 Å². The van der Waals surface area contributed by atoms with Gasteiger partial charge in [-0.3, -0.25) is 10.1 Å². The summed E-state index contributed by atoms with van der Waals surface area (Å²) >= 11 is 0. The topological polar surface area (TPSA) is 100 Å². The molecule has 8 nitrogen and oxygen atoms in total. The molecule has 0 atom stereocenters. The number of ether oxygens (including phenoxy) is 1. The van der Waals surface area contributed by atoms with Gasteiger partial charge in [-0.15, -0.1) is 5.10 Å². The van der Waals surface area contributed by atoms with Crippen molar-refractivity contribution < 1.29 is 18.8 Å². The van der Waals surface area contributed by atoms with Crippen LogP contribution in [0.2, 0.25) is 0 Å². The molecule has 19 heavy (non-hydrogen) atoms. The van der Waals surface area contributed by atoms with E-state index in [0.717, 1.165) is 36.3 Å². The lowest BCUT2D eigenvalue weighted by molar-refractivity contribution is -0.385. The number of nitrogens with zero attached hydrogens (tertiary/aromatic N) is 4. The van der Waals surface area contributed by atoms with Gasteiger partial charge in [0.2, 0.25) is 0 Å². The molecule has 1 heterocycles. The summed E-state index contributed by atoms with van der Waals surface area (Å²) in [6.07, 6.45) is 1.13. The molecule has 0 radical (unpaired) electrons. The first-order valence-corrected chi connectivity index (χ1v) is 4.96. The number of aromatic nitrogens is 3. The molecule has 0 amide bonds. The fourth-order valence-electron chi connectivity index (χ4n) is 1.37. The van der Waals surface area contributed by atoms with E-state index in [1.165, 1.54) is 0 Å². The molecular formula is C10H7FN4O4. The van der Waals surface area contributed by atoms with Gasteiger partial charge < -0.3 is 4.74 Å². The second kappa shape index (κ2) is 4.80. The lowest BCUT2D eigenvalue weighted by Gasteiger charge is -2.00. The molecular weight excluding hydrogens is 259 g/mol. The van der Waals surface area contributed by atoms with Crippen molar-refractivity contribution in [2.75, 3.05) is 7.11 Å². The number of nitro benzene ring substituents is 1. The summed E-state index contributed by atoms with van der Waals surface area (Å²) in [6.45, 7) is 0. The molecule has 0 fully saturated rings. The number of carbonyl (C=O) groups is 1. The third-order valence-electron chi connectivity index (χ3n) is 2.20. The molecule has 0 aliphatic rings.